The molecule has 1 unspecified atom stereocenters. The van der Waals surface area contributed by atoms with Crippen LogP contribution in [0.5, 0.6) is 0 Å². The lowest BCUT2D eigenvalue weighted by molar-refractivity contribution is 0.326. The largest absolute Gasteiger partial charge is 0.373 e. The Morgan fingerprint density at radius 1 is 1.14 bits per heavy atom. The molecular formula is C16H27N5. The molecule has 116 valence electrons. The van der Waals surface area contributed by atoms with Crippen molar-refractivity contribution in [3.8, 4) is 0 Å². The molecule has 1 aromatic heterocycles. The topological polar surface area (TPSA) is 53.1 Å². The van der Waals surface area contributed by atoms with Gasteiger partial charge in [-0.15, -0.1) is 0 Å². The predicted molar refractivity (Wildman–Crippen MR) is 86.9 cm³/mol. The zero-order valence-corrected chi connectivity index (χ0v) is 13.6. The van der Waals surface area contributed by atoms with Crippen LogP contribution in [0.2, 0.25) is 0 Å². The van der Waals surface area contributed by atoms with Gasteiger partial charge in [-0.1, -0.05) is 20.8 Å². The lowest BCUT2D eigenvalue weighted by Crippen LogP contribution is -2.28. The molecule has 5 nitrogen and oxygen atoms in total. The second-order valence-corrected chi connectivity index (χ2v) is 7.32. The Hall–Kier alpha value is -1.36. The van der Waals surface area contributed by atoms with Crippen molar-refractivity contribution in [1.82, 2.24) is 14.9 Å². The zero-order chi connectivity index (χ0) is 15.0. The Morgan fingerprint density at radius 2 is 1.86 bits per heavy atom. The van der Waals surface area contributed by atoms with E-state index in [1.807, 2.05) is 13.1 Å². The SMILES string of the molecule is CNc1cc(NC2CCN(C3CC3)C2)nc(C(C)(C)C)n1. The van der Waals surface area contributed by atoms with Crippen molar-refractivity contribution in [3.05, 3.63) is 11.9 Å². The molecule has 0 aromatic carbocycles. The van der Waals surface area contributed by atoms with E-state index < -0.39 is 0 Å². The third-order valence-corrected chi connectivity index (χ3v) is 4.29. The number of hydrogen-bond acceptors (Lipinski definition) is 5. The minimum absolute atomic E-state index is 0.0426. The summed E-state index contributed by atoms with van der Waals surface area (Å²) >= 11 is 0. The fourth-order valence-corrected chi connectivity index (χ4v) is 2.87. The Morgan fingerprint density at radius 3 is 2.48 bits per heavy atom. The van der Waals surface area contributed by atoms with Crippen molar-refractivity contribution in [2.45, 2.75) is 57.5 Å². The monoisotopic (exact) mass is 289 g/mol. The molecule has 3 rings (SSSR count). The molecule has 2 aliphatic rings. The van der Waals surface area contributed by atoms with Gasteiger partial charge in [-0.3, -0.25) is 4.90 Å². The van der Waals surface area contributed by atoms with Crippen LogP contribution in [0.3, 0.4) is 0 Å². The van der Waals surface area contributed by atoms with Crippen molar-refractivity contribution in [3.63, 3.8) is 0 Å². The maximum Gasteiger partial charge on any atom is 0.138 e. The quantitative estimate of drug-likeness (QED) is 0.892. The average molecular weight is 289 g/mol. The summed E-state index contributed by atoms with van der Waals surface area (Å²) in [5.41, 5.74) is -0.0426. The molecule has 2 fully saturated rings. The molecule has 2 heterocycles. The van der Waals surface area contributed by atoms with Gasteiger partial charge in [-0.05, 0) is 19.3 Å². The molecule has 1 aliphatic carbocycles. The minimum atomic E-state index is -0.0426. The maximum atomic E-state index is 4.72. The van der Waals surface area contributed by atoms with Crippen molar-refractivity contribution in [2.75, 3.05) is 30.8 Å². The van der Waals surface area contributed by atoms with E-state index in [2.05, 4.69) is 41.3 Å². The first-order valence-electron chi connectivity index (χ1n) is 8.03. The van der Waals surface area contributed by atoms with E-state index in [4.69, 9.17) is 4.98 Å². The predicted octanol–water partition coefficient (Wildman–Crippen LogP) is 2.46. The number of likely N-dealkylation sites (tertiary alicyclic amines) is 1. The second-order valence-electron chi connectivity index (χ2n) is 7.32. The van der Waals surface area contributed by atoms with E-state index in [1.54, 1.807) is 0 Å². The van der Waals surface area contributed by atoms with Crippen LogP contribution in [0.25, 0.3) is 0 Å². The van der Waals surface area contributed by atoms with Crippen LogP contribution in [0.4, 0.5) is 11.6 Å². The number of nitrogens with one attached hydrogen (secondary N) is 2. The first kappa shape index (κ1) is 14.6. The highest BCUT2D eigenvalue weighted by molar-refractivity contribution is 5.48. The summed E-state index contributed by atoms with van der Waals surface area (Å²) in [6.07, 6.45) is 3.98. The molecule has 1 atom stereocenters. The molecule has 21 heavy (non-hydrogen) atoms. The summed E-state index contributed by atoms with van der Waals surface area (Å²) in [6.45, 7) is 8.81. The van der Waals surface area contributed by atoms with E-state index in [0.29, 0.717) is 6.04 Å². The summed E-state index contributed by atoms with van der Waals surface area (Å²) in [6, 6.07) is 3.38. The van der Waals surface area contributed by atoms with Gasteiger partial charge in [0.2, 0.25) is 0 Å². The van der Waals surface area contributed by atoms with Crippen molar-refractivity contribution in [1.29, 1.82) is 0 Å². The number of rotatable bonds is 4. The highest BCUT2D eigenvalue weighted by Crippen LogP contribution is 2.31. The molecule has 5 heteroatoms. The molecular weight excluding hydrogens is 262 g/mol. The van der Waals surface area contributed by atoms with E-state index in [0.717, 1.165) is 30.0 Å². The molecule has 2 N–H and O–H groups in total. The molecule has 0 amide bonds. The Bertz CT molecular complexity index is 504. The van der Waals surface area contributed by atoms with Gasteiger partial charge >= 0.3 is 0 Å². The van der Waals surface area contributed by atoms with Gasteiger partial charge in [0.25, 0.3) is 0 Å². The van der Waals surface area contributed by atoms with Crippen LogP contribution >= 0.6 is 0 Å². The van der Waals surface area contributed by atoms with Crippen LogP contribution in [-0.2, 0) is 5.41 Å². The van der Waals surface area contributed by atoms with Gasteiger partial charge in [0.1, 0.15) is 17.5 Å². The van der Waals surface area contributed by atoms with Gasteiger partial charge in [0, 0.05) is 43.7 Å². The first-order valence-corrected chi connectivity index (χ1v) is 8.03. The standard InChI is InChI=1S/C16H27N5/c1-16(2,3)15-19-13(17-4)9-14(20-15)18-11-7-8-21(10-11)12-5-6-12/h9,11-12H,5-8,10H2,1-4H3,(H2,17,18,19,20). The number of anilines is 2. The zero-order valence-electron chi connectivity index (χ0n) is 13.6. The van der Waals surface area contributed by atoms with Gasteiger partial charge in [0.15, 0.2) is 0 Å². The van der Waals surface area contributed by atoms with Crippen LogP contribution in [0.15, 0.2) is 6.07 Å². The highest BCUT2D eigenvalue weighted by atomic mass is 15.2. The second kappa shape index (κ2) is 5.44. The van der Waals surface area contributed by atoms with Crippen molar-refractivity contribution < 1.29 is 0 Å². The van der Waals surface area contributed by atoms with E-state index in [-0.39, 0.29) is 5.41 Å². The van der Waals surface area contributed by atoms with Gasteiger partial charge in [-0.2, -0.15) is 0 Å². The average Bonchev–Trinajstić information content (AvgIpc) is 3.18. The van der Waals surface area contributed by atoms with Gasteiger partial charge in [-0.25, -0.2) is 9.97 Å². The normalized spacial score (nSPS) is 23.3. The Balaban J connectivity index is 1.72. The van der Waals surface area contributed by atoms with E-state index in [9.17, 15) is 0 Å². The Kier molecular flexibility index (Phi) is 3.78. The smallest absolute Gasteiger partial charge is 0.138 e. The van der Waals surface area contributed by atoms with Gasteiger partial charge < -0.3 is 10.6 Å². The summed E-state index contributed by atoms with van der Waals surface area (Å²) < 4.78 is 0. The lowest BCUT2D eigenvalue weighted by Gasteiger charge is -2.21. The third-order valence-electron chi connectivity index (χ3n) is 4.29. The molecule has 0 spiro atoms. The fourth-order valence-electron chi connectivity index (χ4n) is 2.87. The van der Waals surface area contributed by atoms with Crippen LogP contribution in [-0.4, -0.2) is 47.1 Å². The van der Waals surface area contributed by atoms with E-state index in [1.165, 1.54) is 25.8 Å². The molecule has 0 bridgehead atoms. The summed E-state index contributed by atoms with van der Waals surface area (Å²) in [4.78, 5) is 11.9. The summed E-state index contributed by atoms with van der Waals surface area (Å²) in [5.74, 6) is 2.71. The lowest BCUT2D eigenvalue weighted by atomic mass is 9.96. The minimum Gasteiger partial charge on any atom is -0.373 e. The highest BCUT2D eigenvalue weighted by Gasteiger charge is 2.34. The summed E-state index contributed by atoms with van der Waals surface area (Å²) in [7, 11) is 1.91. The molecule has 0 radical (unpaired) electrons. The third kappa shape index (κ3) is 3.46. The van der Waals surface area contributed by atoms with Crippen molar-refractivity contribution >= 4 is 11.6 Å². The first-order chi connectivity index (χ1) is 9.95. The Labute approximate surface area is 127 Å². The fraction of sp³-hybridized carbons (Fsp3) is 0.750. The van der Waals surface area contributed by atoms with Crippen LogP contribution in [0, 0.1) is 0 Å². The van der Waals surface area contributed by atoms with E-state index >= 15 is 0 Å². The van der Waals surface area contributed by atoms with Crippen LogP contribution in [0.1, 0.15) is 45.9 Å². The van der Waals surface area contributed by atoms with Crippen LogP contribution < -0.4 is 10.6 Å². The summed E-state index contributed by atoms with van der Waals surface area (Å²) in [5, 5.41) is 6.75. The number of nitrogens with zero attached hydrogens (tertiary/aromatic N) is 3. The molecule has 1 aromatic rings. The maximum absolute atomic E-state index is 4.72. The molecule has 1 aliphatic heterocycles. The van der Waals surface area contributed by atoms with Gasteiger partial charge in [0.05, 0.1) is 0 Å². The number of hydrogen-bond donors (Lipinski definition) is 2. The van der Waals surface area contributed by atoms with Crippen molar-refractivity contribution in [2.24, 2.45) is 0 Å². The molecule has 1 saturated carbocycles. The number of aromatic nitrogens is 2. The molecule has 1 saturated heterocycles.